The SMILES string of the molecule is N=C1C(Cl)N=C(C(N)=O)C(N)N1C(N)=NCCCCc1ccc(N)cc1. The maximum absolute atomic E-state index is 11.4. The molecule has 0 fully saturated rings. The fourth-order valence-corrected chi connectivity index (χ4v) is 2.73. The molecule has 0 aliphatic carbocycles. The largest absolute Gasteiger partial charge is 0.399 e. The summed E-state index contributed by atoms with van der Waals surface area (Å²) in [5.74, 6) is -0.946. The molecule has 2 rings (SSSR count). The molecule has 10 heteroatoms. The lowest BCUT2D eigenvalue weighted by Gasteiger charge is -2.34. The zero-order valence-electron chi connectivity index (χ0n) is 14.2. The first-order valence-corrected chi connectivity index (χ1v) is 8.54. The van der Waals surface area contributed by atoms with E-state index in [1.54, 1.807) is 0 Å². The van der Waals surface area contributed by atoms with Gasteiger partial charge in [0.25, 0.3) is 5.91 Å². The van der Waals surface area contributed by atoms with Crippen molar-refractivity contribution in [3.05, 3.63) is 29.8 Å². The van der Waals surface area contributed by atoms with Crippen molar-refractivity contribution >= 4 is 40.7 Å². The molecule has 26 heavy (non-hydrogen) atoms. The highest BCUT2D eigenvalue weighted by atomic mass is 35.5. The predicted molar refractivity (Wildman–Crippen MR) is 104 cm³/mol. The molecule has 140 valence electrons. The van der Waals surface area contributed by atoms with Crippen molar-refractivity contribution < 1.29 is 4.79 Å². The first-order chi connectivity index (χ1) is 12.3. The second-order valence-corrected chi connectivity index (χ2v) is 6.27. The van der Waals surface area contributed by atoms with Crippen LogP contribution in [-0.4, -0.2) is 46.5 Å². The monoisotopic (exact) mass is 378 g/mol. The van der Waals surface area contributed by atoms with Gasteiger partial charge in [-0.25, -0.2) is 0 Å². The molecule has 0 saturated heterocycles. The van der Waals surface area contributed by atoms with Crippen LogP contribution in [0.25, 0.3) is 0 Å². The van der Waals surface area contributed by atoms with Gasteiger partial charge in [0.1, 0.15) is 17.7 Å². The summed E-state index contributed by atoms with van der Waals surface area (Å²) in [6, 6.07) is 7.73. The maximum atomic E-state index is 11.4. The second-order valence-electron chi connectivity index (χ2n) is 5.85. The van der Waals surface area contributed by atoms with Gasteiger partial charge in [-0.2, -0.15) is 0 Å². The van der Waals surface area contributed by atoms with Crippen LogP contribution in [0.5, 0.6) is 0 Å². The predicted octanol–water partition coefficient (Wildman–Crippen LogP) is -0.0249. The van der Waals surface area contributed by atoms with E-state index in [1.165, 1.54) is 10.5 Å². The molecule has 1 amide bonds. The summed E-state index contributed by atoms with van der Waals surface area (Å²) in [4.78, 5) is 20.6. The number of nitrogens with one attached hydrogen (secondary N) is 1. The lowest BCUT2D eigenvalue weighted by atomic mass is 10.1. The number of aryl methyl sites for hydroxylation is 1. The molecule has 9 N–H and O–H groups in total. The molecule has 0 saturated carbocycles. The topological polar surface area (TPSA) is 173 Å². The van der Waals surface area contributed by atoms with Gasteiger partial charge in [-0.1, -0.05) is 23.7 Å². The molecule has 0 aromatic heterocycles. The van der Waals surface area contributed by atoms with Gasteiger partial charge in [-0.05, 0) is 37.0 Å². The Hall–Kier alpha value is -2.65. The lowest BCUT2D eigenvalue weighted by molar-refractivity contribution is -0.112. The molecule has 0 bridgehead atoms. The van der Waals surface area contributed by atoms with Crippen molar-refractivity contribution in [2.24, 2.45) is 27.2 Å². The number of nitrogen functional groups attached to an aromatic ring is 1. The smallest absolute Gasteiger partial charge is 0.266 e. The van der Waals surface area contributed by atoms with Crippen molar-refractivity contribution in [3.63, 3.8) is 0 Å². The fraction of sp³-hybridized carbons (Fsp3) is 0.375. The van der Waals surface area contributed by atoms with Crippen LogP contribution in [-0.2, 0) is 11.2 Å². The molecule has 1 aromatic carbocycles. The Morgan fingerprint density at radius 1 is 1.27 bits per heavy atom. The maximum Gasteiger partial charge on any atom is 0.266 e. The minimum atomic E-state index is -1.09. The minimum absolute atomic E-state index is 0.00860. The molecule has 1 aliphatic rings. The number of hydrogen-bond acceptors (Lipinski definition) is 6. The van der Waals surface area contributed by atoms with Crippen LogP contribution in [0.3, 0.4) is 0 Å². The molecule has 0 radical (unpaired) electrons. The van der Waals surface area contributed by atoms with Gasteiger partial charge in [-0.3, -0.25) is 25.1 Å². The second kappa shape index (κ2) is 8.63. The third-order valence-electron chi connectivity index (χ3n) is 3.92. The number of primary amides is 1. The van der Waals surface area contributed by atoms with Gasteiger partial charge >= 0.3 is 0 Å². The summed E-state index contributed by atoms with van der Waals surface area (Å²) in [6.45, 7) is 0.452. The van der Waals surface area contributed by atoms with Crippen molar-refractivity contribution in [3.8, 4) is 0 Å². The quantitative estimate of drug-likeness (QED) is 0.116. The summed E-state index contributed by atoms with van der Waals surface area (Å²) in [6.07, 6.45) is 1.53. The third-order valence-corrected chi connectivity index (χ3v) is 4.23. The number of amides is 1. The van der Waals surface area contributed by atoms with Crippen molar-refractivity contribution in [1.82, 2.24) is 4.90 Å². The lowest BCUT2D eigenvalue weighted by Crippen LogP contribution is -2.62. The van der Waals surface area contributed by atoms with Gasteiger partial charge in [0.2, 0.25) is 0 Å². The highest BCUT2D eigenvalue weighted by molar-refractivity contribution is 6.44. The standard InChI is InChI=1S/C16H23ClN8O/c17-12-14(20)25(13(19)11(24-12)15(21)26)16(22)23-8-2-1-3-9-4-6-10(18)7-5-9/h4-7,12-13,20H,1-3,8,18-19H2,(H2,21,26)(H2,22,23). The Balaban J connectivity index is 1.91. The van der Waals surface area contributed by atoms with E-state index in [1.807, 2.05) is 24.3 Å². The van der Waals surface area contributed by atoms with E-state index in [9.17, 15) is 4.79 Å². The number of hydrogen-bond donors (Lipinski definition) is 5. The number of benzene rings is 1. The summed E-state index contributed by atoms with van der Waals surface area (Å²) in [5.41, 5.74) is 23.5. The summed E-state index contributed by atoms with van der Waals surface area (Å²) in [7, 11) is 0. The minimum Gasteiger partial charge on any atom is -0.399 e. The van der Waals surface area contributed by atoms with Crippen LogP contribution in [0.15, 0.2) is 34.3 Å². The Morgan fingerprint density at radius 3 is 2.54 bits per heavy atom. The first kappa shape index (κ1) is 19.7. The Labute approximate surface area is 156 Å². The van der Waals surface area contributed by atoms with E-state index < -0.39 is 17.6 Å². The zero-order valence-corrected chi connectivity index (χ0v) is 15.0. The molecular weight excluding hydrogens is 356 g/mol. The zero-order chi connectivity index (χ0) is 19.3. The normalized spacial score (nSPS) is 20.8. The summed E-state index contributed by atoms with van der Waals surface area (Å²) < 4.78 is 0. The van der Waals surface area contributed by atoms with E-state index in [2.05, 4.69) is 9.98 Å². The number of rotatable bonds is 6. The third kappa shape index (κ3) is 4.70. The van der Waals surface area contributed by atoms with E-state index >= 15 is 0 Å². The number of aliphatic imine (C=N–C) groups is 2. The van der Waals surface area contributed by atoms with E-state index in [4.69, 9.17) is 39.9 Å². The number of amidine groups is 1. The first-order valence-electron chi connectivity index (χ1n) is 8.10. The van der Waals surface area contributed by atoms with Crippen molar-refractivity contribution in [2.75, 3.05) is 12.3 Å². The molecule has 1 aliphatic heterocycles. The molecule has 1 aromatic rings. The highest BCUT2D eigenvalue weighted by Gasteiger charge is 2.36. The number of alkyl halides is 1. The van der Waals surface area contributed by atoms with Crippen molar-refractivity contribution in [1.29, 1.82) is 5.41 Å². The number of unbranched alkanes of at least 4 members (excludes halogenated alkanes) is 1. The van der Waals surface area contributed by atoms with Crippen LogP contribution >= 0.6 is 11.6 Å². The summed E-state index contributed by atoms with van der Waals surface area (Å²) in [5, 5.41) is 7.97. The Kier molecular flexibility index (Phi) is 6.53. The number of carbonyl (C=O) groups excluding carboxylic acids is 1. The van der Waals surface area contributed by atoms with E-state index in [-0.39, 0.29) is 17.5 Å². The molecular formula is C16H23ClN8O. The van der Waals surface area contributed by atoms with Crippen LogP contribution in [0.2, 0.25) is 0 Å². The molecule has 0 spiro atoms. The van der Waals surface area contributed by atoms with Gasteiger partial charge in [-0.15, -0.1) is 0 Å². The number of anilines is 1. The molecule has 2 unspecified atom stereocenters. The molecule has 2 atom stereocenters. The van der Waals surface area contributed by atoms with Crippen LogP contribution < -0.4 is 22.9 Å². The number of nitrogens with two attached hydrogens (primary N) is 4. The number of carbonyl (C=O) groups is 1. The van der Waals surface area contributed by atoms with Gasteiger partial charge in [0, 0.05) is 12.2 Å². The molecule has 1 heterocycles. The fourth-order valence-electron chi connectivity index (χ4n) is 2.52. The highest BCUT2D eigenvalue weighted by Crippen LogP contribution is 2.15. The van der Waals surface area contributed by atoms with Crippen molar-refractivity contribution in [2.45, 2.75) is 30.9 Å². The average Bonchev–Trinajstić information content (AvgIpc) is 2.59. The van der Waals surface area contributed by atoms with Crippen LogP contribution in [0.1, 0.15) is 18.4 Å². The number of nitrogens with zero attached hydrogens (tertiary/aromatic N) is 3. The van der Waals surface area contributed by atoms with Gasteiger partial charge < -0.3 is 22.9 Å². The molecule has 9 nitrogen and oxygen atoms in total. The van der Waals surface area contributed by atoms with Crippen LogP contribution in [0.4, 0.5) is 5.69 Å². The Morgan fingerprint density at radius 2 is 1.92 bits per heavy atom. The number of guanidine groups is 1. The van der Waals surface area contributed by atoms with Gasteiger partial charge in [0.15, 0.2) is 11.5 Å². The Bertz CT molecular complexity index is 730. The number of halogens is 1. The van der Waals surface area contributed by atoms with Crippen LogP contribution in [0, 0.1) is 5.41 Å². The van der Waals surface area contributed by atoms with E-state index in [0.29, 0.717) is 6.54 Å². The summed E-state index contributed by atoms with van der Waals surface area (Å²) >= 11 is 5.94. The van der Waals surface area contributed by atoms with E-state index in [0.717, 1.165) is 24.9 Å². The van der Waals surface area contributed by atoms with Gasteiger partial charge in [0.05, 0.1) is 0 Å². The average molecular weight is 379 g/mol.